The van der Waals surface area contributed by atoms with E-state index in [1.165, 1.54) is 6.07 Å². The van der Waals surface area contributed by atoms with E-state index in [4.69, 9.17) is 10.5 Å². The minimum Gasteiger partial charge on any atom is -0.384 e. The molecule has 0 radical (unpaired) electrons. The maximum atomic E-state index is 14.4. The number of aromatic nitrogens is 2. The zero-order chi connectivity index (χ0) is 17.5. The standard InChI is InChI=1S/C16H17F2N3O3/c1-9-3-2-4-10(7-9)8-11-13(22)16(17,18)14(24-11)21-6-5-12(19)20-15(21)23/h2-7,11,13-14,22H,8H2,1H3,(H2,19,20,23)/t11-,13-,14-/m1/s1. The number of benzene rings is 1. The molecule has 8 heteroatoms. The Morgan fingerprint density at radius 2 is 2.17 bits per heavy atom. The van der Waals surface area contributed by atoms with Gasteiger partial charge in [0.25, 0.3) is 0 Å². The number of halogens is 2. The normalized spacial score (nSPS) is 25.8. The molecule has 3 rings (SSSR count). The molecule has 3 atom stereocenters. The Bertz CT molecular complexity index is 809. The summed E-state index contributed by atoms with van der Waals surface area (Å²) in [5, 5.41) is 9.99. The zero-order valence-electron chi connectivity index (χ0n) is 12.9. The zero-order valence-corrected chi connectivity index (χ0v) is 12.9. The highest BCUT2D eigenvalue weighted by molar-refractivity contribution is 5.25. The molecular formula is C16H17F2N3O3. The Morgan fingerprint density at radius 3 is 2.83 bits per heavy atom. The number of rotatable bonds is 3. The van der Waals surface area contributed by atoms with E-state index in [9.17, 15) is 18.7 Å². The lowest BCUT2D eigenvalue weighted by Crippen LogP contribution is -2.41. The third kappa shape index (κ3) is 2.90. The van der Waals surface area contributed by atoms with Crippen LogP contribution in [0.25, 0.3) is 0 Å². The van der Waals surface area contributed by atoms with Gasteiger partial charge in [-0.05, 0) is 18.6 Å². The number of ether oxygens (including phenoxy) is 1. The van der Waals surface area contributed by atoms with Crippen LogP contribution < -0.4 is 11.4 Å². The Morgan fingerprint density at radius 1 is 1.42 bits per heavy atom. The van der Waals surface area contributed by atoms with Crippen LogP contribution in [0, 0.1) is 6.92 Å². The lowest BCUT2D eigenvalue weighted by atomic mass is 10.0. The third-order valence-corrected chi connectivity index (χ3v) is 4.00. The number of nitrogen functional groups attached to an aromatic ring is 1. The molecule has 0 amide bonds. The summed E-state index contributed by atoms with van der Waals surface area (Å²) >= 11 is 0. The molecule has 2 heterocycles. The van der Waals surface area contributed by atoms with Crippen LogP contribution in [0.15, 0.2) is 41.3 Å². The molecule has 0 spiro atoms. The summed E-state index contributed by atoms with van der Waals surface area (Å²) in [6, 6.07) is 8.51. The summed E-state index contributed by atoms with van der Waals surface area (Å²) in [6.45, 7) is 1.88. The molecule has 3 N–H and O–H groups in total. The number of nitrogens with two attached hydrogens (primary N) is 1. The summed E-state index contributed by atoms with van der Waals surface area (Å²) in [5.41, 5.74) is 6.14. The van der Waals surface area contributed by atoms with E-state index < -0.39 is 30.0 Å². The van der Waals surface area contributed by atoms with E-state index in [0.29, 0.717) is 4.57 Å². The topological polar surface area (TPSA) is 90.4 Å². The summed E-state index contributed by atoms with van der Waals surface area (Å²) in [5.74, 6) is -3.70. The molecule has 6 nitrogen and oxygen atoms in total. The third-order valence-electron chi connectivity index (χ3n) is 4.00. The van der Waals surface area contributed by atoms with Crippen LogP contribution in [-0.4, -0.2) is 32.8 Å². The van der Waals surface area contributed by atoms with Crippen LogP contribution in [0.3, 0.4) is 0 Å². The number of aryl methyl sites for hydroxylation is 1. The maximum Gasteiger partial charge on any atom is 0.351 e. The van der Waals surface area contributed by atoms with E-state index in [-0.39, 0.29) is 12.2 Å². The van der Waals surface area contributed by atoms with Gasteiger partial charge >= 0.3 is 11.6 Å². The summed E-state index contributed by atoms with van der Waals surface area (Å²) in [6.07, 6.45) is -3.91. The minimum atomic E-state index is -3.63. The van der Waals surface area contributed by atoms with E-state index in [1.807, 2.05) is 19.1 Å². The van der Waals surface area contributed by atoms with Crippen molar-refractivity contribution in [2.75, 3.05) is 5.73 Å². The molecule has 1 aromatic heterocycles. The van der Waals surface area contributed by atoms with Gasteiger partial charge in [-0.1, -0.05) is 29.8 Å². The molecule has 1 saturated heterocycles. The Labute approximate surface area is 136 Å². The van der Waals surface area contributed by atoms with Gasteiger partial charge in [-0.25, -0.2) is 4.79 Å². The number of nitrogens with zero attached hydrogens (tertiary/aromatic N) is 2. The van der Waals surface area contributed by atoms with Gasteiger partial charge in [0.2, 0.25) is 6.23 Å². The van der Waals surface area contributed by atoms with Crippen molar-refractivity contribution in [1.29, 1.82) is 0 Å². The molecule has 0 unspecified atom stereocenters. The lowest BCUT2D eigenvalue weighted by Gasteiger charge is -2.20. The predicted molar refractivity (Wildman–Crippen MR) is 82.7 cm³/mol. The predicted octanol–water partition coefficient (Wildman–Crippen LogP) is 1.27. The molecule has 0 bridgehead atoms. The molecule has 1 aliphatic heterocycles. The monoisotopic (exact) mass is 337 g/mol. The molecule has 1 fully saturated rings. The fourth-order valence-corrected chi connectivity index (χ4v) is 2.81. The van der Waals surface area contributed by atoms with Crippen molar-refractivity contribution >= 4 is 5.82 Å². The Kier molecular flexibility index (Phi) is 4.10. The molecular weight excluding hydrogens is 320 g/mol. The second kappa shape index (κ2) is 5.95. The van der Waals surface area contributed by atoms with Gasteiger partial charge in [0.15, 0.2) is 0 Å². The fourth-order valence-electron chi connectivity index (χ4n) is 2.81. The van der Waals surface area contributed by atoms with Gasteiger partial charge in [0, 0.05) is 12.6 Å². The maximum absolute atomic E-state index is 14.4. The van der Waals surface area contributed by atoms with Crippen molar-refractivity contribution in [2.24, 2.45) is 0 Å². The molecule has 2 aromatic rings. The average molecular weight is 337 g/mol. The molecule has 0 saturated carbocycles. The minimum absolute atomic E-state index is 0.0746. The van der Waals surface area contributed by atoms with E-state index in [0.717, 1.165) is 17.3 Å². The van der Waals surface area contributed by atoms with Crippen molar-refractivity contribution in [3.05, 3.63) is 58.1 Å². The summed E-state index contributed by atoms with van der Waals surface area (Å²) in [7, 11) is 0. The van der Waals surface area contributed by atoms with E-state index >= 15 is 0 Å². The van der Waals surface area contributed by atoms with Crippen molar-refractivity contribution in [2.45, 2.75) is 37.7 Å². The summed E-state index contributed by atoms with van der Waals surface area (Å²) < 4.78 is 34.8. The Balaban J connectivity index is 1.89. The molecule has 24 heavy (non-hydrogen) atoms. The van der Waals surface area contributed by atoms with Crippen LogP contribution in [-0.2, 0) is 11.2 Å². The first-order chi connectivity index (χ1) is 11.3. The van der Waals surface area contributed by atoms with Gasteiger partial charge in [-0.3, -0.25) is 4.57 Å². The highest BCUT2D eigenvalue weighted by atomic mass is 19.3. The molecule has 0 aliphatic carbocycles. The number of hydrogen-bond donors (Lipinski definition) is 2. The largest absolute Gasteiger partial charge is 0.384 e. The second-order valence-electron chi connectivity index (χ2n) is 5.88. The van der Waals surface area contributed by atoms with Gasteiger partial charge in [-0.2, -0.15) is 13.8 Å². The first-order valence-electron chi connectivity index (χ1n) is 7.40. The van der Waals surface area contributed by atoms with Gasteiger partial charge in [0.05, 0.1) is 6.10 Å². The molecule has 1 aliphatic rings. The van der Waals surface area contributed by atoms with Gasteiger partial charge in [0.1, 0.15) is 11.9 Å². The quantitative estimate of drug-likeness (QED) is 0.880. The Hall–Kier alpha value is -2.32. The van der Waals surface area contributed by atoms with E-state index in [2.05, 4.69) is 4.98 Å². The highest BCUT2D eigenvalue weighted by Gasteiger charge is 2.59. The fraction of sp³-hybridized carbons (Fsp3) is 0.375. The second-order valence-corrected chi connectivity index (χ2v) is 5.88. The average Bonchev–Trinajstić information content (AvgIpc) is 2.71. The first kappa shape index (κ1) is 16.5. The van der Waals surface area contributed by atoms with Crippen LogP contribution in [0.2, 0.25) is 0 Å². The van der Waals surface area contributed by atoms with Crippen LogP contribution in [0.1, 0.15) is 17.4 Å². The van der Waals surface area contributed by atoms with Crippen molar-refractivity contribution < 1.29 is 18.6 Å². The number of alkyl halides is 2. The number of hydrogen-bond acceptors (Lipinski definition) is 5. The molecule has 1 aromatic carbocycles. The SMILES string of the molecule is Cc1cccc(C[C@H]2O[C@@H](n3ccc(N)nc3=O)C(F)(F)[C@@H]2O)c1. The number of aliphatic hydroxyl groups excluding tert-OH is 1. The lowest BCUT2D eigenvalue weighted by molar-refractivity contribution is -0.140. The van der Waals surface area contributed by atoms with Gasteiger partial charge in [-0.15, -0.1) is 0 Å². The molecule has 128 valence electrons. The van der Waals surface area contributed by atoms with Crippen LogP contribution in [0.5, 0.6) is 0 Å². The van der Waals surface area contributed by atoms with Crippen molar-refractivity contribution in [3.63, 3.8) is 0 Å². The van der Waals surface area contributed by atoms with Crippen LogP contribution >= 0.6 is 0 Å². The van der Waals surface area contributed by atoms with E-state index in [1.54, 1.807) is 12.1 Å². The smallest absolute Gasteiger partial charge is 0.351 e. The summed E-state index contributed by atoms with van der Waals surface area (Å²) in [4.78, 5) is 15.2. The van der Waals surface area contributed by atoms with Crippen LogP contribution in [0.4, 0.5) is 14.6 Å². The highest BCUT2D eigenvalue weighted by Crippen LogP contribution is 2.43. The van der Waals surface area contributed by atoms with Gasteiger partial charge < -0.3 is 15.6 Å². The number of anilines is 1. The van der Waals surface area contributed by atoms with Crippen molar-refractivity contribution in [3.8, 4) is 0 Å². The van der Waals surface area contributed by atoms with Crippen molar-refractivity contribution in [1.82, 2.24) is 9.55 Å². The number of aliphatic hydroxyl groups is 1. The first-order valence-corrected chi connectivity index (χ1v) is 7.40.